The molecule has 118 valence electrons. The Bertz CT molecular complexity index is 1010. The fraction of sp³-hybridized carbons (Fsp3) is 0.105. The van der Waals surface area contributed by atoms with Crippen LogP contribution in [0.3, 0.4) is 0 Å². The number of hydrogen-bond donors (Lipinski definition) is 1. The molecular weight excluding hydrogens is 300 g/mol. The van der Waals surface area contributed by atoms with E-state index in [1.807, 2.05) is 61.5 Å². The molecule has 5 heteroatoms. The van der Waals surface area contributed by atoms with Gasteiger partial charge in [0.1, 0.15) is 11.5 Å². The van der Waals surface area contributed by atoms with Gasteiger partial charge in [-0.1, -0.05) is 42.5 Å². The number of benzene rings is 2. The topological polar surface area (TPSA) is 62.8 Å². The van der Waals surface area contributed by atoms with Crippen molar-refractivity contribution in [1.29, 1.82) is 0 Å². The van der Waals surface area contributed by atoms with E-state index < -0.39 is 0 Å². The second kappa shape index (κ2) is 5.77. The van der Waals surface area contributed by atoms with Crippen LogP contribution in [-0.4, -0.2) is 14.7 Å². The lowest BCUT2D eigenvalue weighted by Gasteiger charge is -2.06. The van der Waals surface area contributed by atoms with Crippen molar-refractivity contribution in [3.05, 3.63) is 88.2 Å². The number of rotatable bonds is 3. The summed E-state index contributed by atoms with van der Waals surface area (Å²) in [4.78, 5) is 13.3. The van der Waals surface area contributed by atoms with Gasteiger partial charge in [0, 0.05) is 6.08 Å². The minimum absolute atomic E-state index is 0.130. The lowest BCUT2D eigenvalue weighted by Crippen LogP contribution is -2.19. The molecule has 0 bridgehead atoms. The molecule has 0 aliphatic carbocycles. The molecule has 2 aromatic carbocycles. The molecule has 0 saturated carbocycles. The van der Waals surface area contributed by atoms with Crippen LogP contribution in [0, 0.1) is 6.92 Å². The highest BCUT2D eigenvalue weighted by Crippen LogP contribution is 2.23. The van der Waals surface area contributed by atoms with Gasteiger partial charge >= 0.3 is 0 Å². The SMILES string of the molecule is Cc1nc(C=C2N=c3ccccc3=N2)c(O)n1Cc1ccccc1. The molecule has 0 spiro atoms. The molecule has 1 aliphatic heterocycles. The third kappa shape index (κ3) is 2.60. The van der Waals surface area contributed by atoms with Crippen LogP contribution >= 0.6 is 0 Å². The van der Waals surface area contributed by atoms with E-state index in [1.54, 1.807) is 10.6 Å². The molecule has 1 aliphatic rings. The van der Waals surface area contributed by atoms with Crippen LogP contribution in [0.15, 0.2) is 70.4 Å². The summed E-state index contributed by atoms with van der Waals surface area (Å²) < 4.78 is 1.78. The van der Waals surface area contributed by atoms with Crippen molar-refractivity contribution in [1.82, 2.24) is 9.55 Å². The van der Waals surface area contributed by atoms with Crippen LogP contribution in [-0.2, 0) is 6.54 Å². The fourth-order valence-corrected chi connectivity index (χ4v) is 2.74. The molecule has 0 saturated heterocycles. The quantitative estimate of drug-likeness (QED) is 0.805. The monoisotopic (exact) mass is 316 g/mol. The van der Waals surface area contributed by atoms with E-state index in [2.05, 4.69) is 15.0 Å². The molecule has 2 heterocycles. The maximum atomic E-state index is 10.5. The summed E-state index contributed by atoms with van der Waals surface area (Å²) >= 11 is 0. The molecule has 0 radical (unpaired) electrons. The summed E-state index contributed by atoms with van der Waals surface area (Å²) in [6.07, 6.45) is 1.71. The van der Waals surface area contributed by atoms with Crippen molar-refractivity contribution in [3.63, 3.8) is 0 Å². The molecule has 5 nitrogen and oxygen atoms in total. The van der Waals surface area contributed by atoms with Gasteiger partial charge in [-0.25, -0.2) is 15.0 Å². The zero-order valence-electron chi connectivity index (χ0n) is 13.2. The summed E-state index contributed by atoms with van der Waals surface area (Å²) in [7, 11) is 0. The number of fused-ring (bicyclic) bond motifs is 1. The summed E-state index contributed by atoms with van der Waals surface area (Å²) in [6, 6.07) is 17.7. The molecule has 0 amide bonds. The number of aryl methyl sites for hydroxylation is 1. The van der Waals surface area contributed by atoms with E-state index in [9.17, 15) is 5.11 Å². The van der Waals surface area contributed by atoms with Crippen LogP contribution in [0.4, 0.5) is 0 Å². The molecular formula is C19H16N4O. The Labute approximate surface area is 139 Å². The highest BCUT2D eigenvalue weighted by molar-refractivity contribution is 5.54. The van der Waals surface area contributed by atoms with Gasteiger partial charge in [0.15, 0.2) is 5.82 Å². The second-order valence-corrected chi connectivity index (χ2v) is 5.65. The van der Waals surface area contributed by atoms with E-state index in [1.165, 1.54) is 0 Å². The van der Waals surface area contributed by atoms with Gasteiger partial charge in [0.25, 0.3) is 0 Å². The molecule has 0 unspecified atom stereocenters. The van der Waals surface area contributed by atoms with E-state index in [-0.39, 0.29) is 5.88 Å². The smallest absolute Gasteiger partial charge is 0.219 e. The van der Waals surface area contributed by atoms with E-state index in [0.717, 1.165) is 22.1 Å². The third-order valence-corrected chi connectivity index (χ3v) is 3.96. The predicted octanol–water partition coefficient (Wildman–Crippen LogP) is 2.20. The first-order valence-corrected chi connectivity index (χ1v) is 7.75. The van der Waals surface area contributed by atoms with Crippen LogP contribution in [0.2, 0.25) is 0 Å². The number of nitrogens with zero attached hydrogens (tertiary/aromatic N) is 4. The van der Waals surface area contributed by atoms with Gasteiger partial charge in [0.2, 0.25) is 5.88 Å². The van der Waals surface area contributed by atoms with Gasteiger partial charge in [0.05, 0.1) is 17.3 Å². The zero-order valence-corrected chi connectivity index (χ0v) is 13.2. The summed E-state index contributed by atoms with van der Waals surface area (Å²) in [6.45, 7) is 2.45. The lowest BCUT2D eigenvalue weighted by molar-refractivity contribution is 0.421. The molecule has 4 rings (SSSR count). The van der Waals surface area contributed by atoms with Gasteiger partial charge in [-0.2, -0.15) is 0 Å². The third-order valence-electron chi connectivity index (χ3n) is 3.96. The molecule has 24 heavy (non-hydrogen) atoms. The molecule has 3 aromatic rings. The minimum atomic E-state index is 0.130. The Hall–Kier alpha value is -3.21. The predicted molar refractivity (Wildman–Crippen MR) is 90.9 cm³/mol. The normalized spacial score (nSPS) is 12.5. The number of imidazole rings is 1. The summed E-state index contributed by atoms with van der Waals surface area (Å²) in [5, 5.41) is 12.2. The molecule has 1 aromatic heterocycles. The maximum Gasteiger partial charge on any atom is 0.219 e. The Morgan fingerprint density at radius 3 is 2.25 bits per heavy atom. The first-order valence-electron chi connectivity index (χ1n) is 7.75. The first kappa shape index (κ1) is 14.4. The van der Waals surface area contributed by atoms with Crippen molar-refractivity contribution in [2.24, 2.45) is 9.98 Å². The Kier molecular flexibility index (Phi) is 3.46. The van der Waals surface area contributed by atoms with E-state index in [4.69, 9.17) is 0 Å². The van der Waals surface area contributed by atoms with Crippen molar-refractivity contribution < 1.29 is 5.11 Å². The van der Waals surface area contributed by atoms with Crippen molar-refractivity contribution in [2.45, 2.75) is 13.5 Å². The largest absolute Gasteiger partial charge is 0.493 e. The van der Waals surface area contributed by atoms with E-state index in [0.29, 0.717) is 18.1 Å². The summed E-state index contributed by atoms with van der Waals surface area (Å²) in [5.41, 5.74) is 1.59. The maximum absolute atomic E-state index is 10.5. The second-order valence-electron chi connectivity index (χ2n) is 5.65. The number of para-hydroxylation sites is 2. The molecule has 1 N–H and O–H groups in total. The number of aromatic hydroxyl groups is 1. The first-order chi connectivity index (χ1) is 11.7. The highest BCUT2D eigenvalue weighted by atomic mass is 16.3. The average Bonchev–Trinajstić information content (AvgIpc) is 3.12. The van der Waals surface area contributed by atoms with Crippen molar-refractivity contribution in [3.8, 4) is 5.88 Å². The Morgan fingerprint density at radius 1 is 0.958 bits per heavy atom. The van der Waals surface area contributed by atoms with Crippen molar-refractivity contribution >= 4 is 6.08 Å². The van der Waals surface area contributed by atoms with Gasteiger partial charge in [-0.05, 0) is 24.6 Å². The Morgan fingerprint density at radius 2 is 1.58 bits per heavy atom. The highest BCUT2D eigenvalue weighted by Gasteiger charge is 2.14. The Balaban J connectivity index is 1.70. The number of hydrogen-bond acceptors (Lipinski definition) is 4. The van der Waals surface area contributed by atoms with Gasteiger partial charge in [-0.3, -0.25) is 4.57 Å². The van der Waals surface area contributed by atoms with Crippen LogP contribution in [0.5, 0.6) is 5.88 Å². The van der Waals surface area contributed by atoms with Gasteiger partial charge in [-0.15, -0.1) is 0 Å². The van der Waals surface area contributed by atoms with E-state index >= 15 is 0 Å². The van der Waals surface area contributed by atoms with Crippen LogP contribution < -0.4 is 10.7 Å². The zero-order chi connectivity index (χ0) is 16.5. The van der Waals surface area contributed by atoms with Crippen molar-refractivity contribution in [2.75, 3.05) is 0 Å². The lowest BCUT2D eigenvalue weighted by atomic mass is 10.2. The minimum Gasteiger partial charge on any atom is -0.493 e. The fourth-order valence-electron chi connectivity index (χ4n) is 2.74. The van der Waals surface area contributed by atoms with Crippen LogP contribution in [0.25, 0.3) is 6.08 Å². The van der Waals surface area contributed by atoms with Gasteiger partial charge < -0.3 is 5.11 Å². The average molecular weight is 316 g/mol. The standard InChI is InChI=1S/C19H16N4O/c1-13-20-17(11-18-21-15-9-5-6-10-16(15)22-18)19(24)23(13)12-14-7-3-2-4-8-14/h2-11,24H,12H2,1H3. The summed E-state index contributed by atoms with van der Waals surface area (Å²) in [5.74, 6) is 1.43. The van der Waals surface area contributed by atoms with Crippen LogP contribution in [0.1, 0.15) is 17.1 Å². The molecule has 0 fully saturated rings. The number of aromatic nitrogens is 2. The molecule has 0 atom stereocenters.